The minimum atomic E-state index is 0.767. The molecule has 2 nitrogen and oxygen atoms in total. The number of hydrogen-bond donors (Lipinski definition) is 0. The maximum Gasteiger partial charge on any atom is 0.122 e. The molecular weight excluding hydrogens is 224 g/mol. The van der Waals surface area contributed by atoms with Crippen molar-refractivity contribution in [3.63, 3.8) is 0 Å². The summed E-state index contributed by atoms with van der Waals surface area (Å²) in [4.78, 5) is 0. The number of rotatable bonds is 8. The molecule has 1 aromatic carbocycles. The second kappa shape index (κ2) is 8.62. The second-order valence-corrected chi connectivity index (χ2v) is 4.29. The molecule has 0 amide bonds. The van der Waals surface area contributed by atoms with E-state index in [1.165, 1.54) is 12.8 Å². The quantitative estimate of drug-likeness (QED) is 0.492. The van der Waals surface area contributed by atoms with Crippen LogP contribution in [0.3, 0.4) is 0 Å². The van der Waals surface area contributed by atoms with Crippen LogP contribution in [0.4, 0.5) is 0 Å². The monoisotopic (exact) mass is 248 g/mol. The molecule has 1 rings (SSSR count). The summed E-state index contributed by atoms with van der Waals surface area (Å²) in [5, 5.41) is 0. The average molecular weight is 248 g/mol. The number of methoxy groups -OCH3 is 1. The fourth-order valence-corrected chi connectivity index (χ4v) is 1.69. The Morgan fingerprint density at radius 2 is 1.83 bits per heavy atom. The molecule has 0 aromatic heterocycles. The van der Waals surface area contributed by atoms with Crippen molar-refractivity contribution in [2.24, 2.45) is 0 Å². The third-order valence-electron chi connectivity index (χ3n) is 2.72. The summed E-state index contributed by atoms with van der Waals surface area (Å²) in [5.74, 6) is 1.87. The number of unbranched alkanes of at least 4 members (excludes halogenated alkanes) is 2. The molecule has 2 heteroatoms. The Bertz CT molecular complexity index is 352. The first kappa shape index (κ1) is 14.6. The summed E-state index contributed by atoms with van der Waals surface area (Å²) in [7, 11) is 1.72. The maximum atomic E-state index is 5.56. The summed E-state index contributed by atoms with van der Waals surface area (Å²) < 4.78 is 11.0. The van der Waals surface area contributed by atoms with Crippen molar-refractivity contribution < 1.29 is 9.47 Å². The molecule has 0 atom stereocenters. The summed E-state index contributed by atoms with van der Waals surface area (Å²) in [5.41, 5.74) is 1.11. The first-order chi connectivity index (χ1) is 8.81. The summed E-state index contributed by atoms with van der Waals surface area (Å²) in [6.07, 6.45) is 6.66. The molecule has 100 valence electrons. The average Bonchev–Trinajstić information content (AvgIpc) is 2.42. The van der Waals surface area contributed by atoms with Crippen LogP contribution in [0.15, 0.2) is 30.3 Å². The van der Waals surface area contributed by atoms with Gasteiger partial charge in [-0.1, -0.05) is 20.3 Å². The van der Waals surface area contributed by atoms with Crippen molar-refractivity contribution in [2.45, 2.75) is 39.5 Å². The molecule has 0 fully saturated rings. The van der Waals surface area contributed by atoms with Gasteiger partial charge < -0.3 is 9.47 Å². The van der Waals surface area contributed by atoms with Gasteiger partial charge in [0.05, 0.1) is 13.7 Å². The molecule has 0 spiro atoms. The lowest BCUT2D eigenvalue weighted by Gasteiger charge is -2.08. The Balaban J connectivity index is 2.66. The Morgan fingerprint density at radius 1 is 1.11 bits per heavy atom. The van der Waals surface area contributed by atoms with Crippen LogP contribution in [0.2, 0.25) is 0 Å². The van der Waals surface area contributed by atoms with E-state index in [1.54, 1.807) is 7.11 Å². The zero-order chi connectivity index (χ0) is 13.2. The van der Waals surface area contributed by atoms with Gasteiger partial charge in [-0.05, 0) is 49.6 Å². The maximum absolute atomic E-state index is 5.56. The van der Waals surface area contributed by atoms with Crippen LogP contribution in [0.25, 0.3) is 5.76 Å². The predicted octanol–water partition coefficient (Wildman–Crippen LogP) is 4.65. The summed E-state index contributed by atoms with van der Waals surface area (Å²) in [6.45, 7) is 5.07. The molecule has 0 heterocycles. The van der Waals surface area contributed by atoms with Crippen molar-refractivity contribution in [3.05, 3.63) is 35.9 Å². The van der Waals surface area contributed by atoms with Crippen LogP contribution in [-0.4, -0.2) is 13.7 Å². The predicted molar refractivity (Wildman–Crippen MR) is 76.7 cm³/mol. The largest absolute Gasteiger partial charge is 0.496 e. The van der Waals surface area contributed by atoms with Gasteiger partial charge in [0.15, 0.2) is 0 Å². The third kappa shape index (κ3) is 4.82. The molecule has 0 unspecified atom stereocenters. The lowest BCUT2D eigenvalue weighted by atomic mass is 10.1. The van der Waals surface area contributed by atoms with Crippen molar-refractivity contribution in [2.75, 3.05) is 13.7 Å². The smallest absolute Gasteiger partial charge is 0.122 e. The minimum Gasteiger partial charge on any atom is -0.496 e. The Morgan fingerprint density at radius 3 is 2.39 bits per heavy atom. The van der Waals surface area contributed by atoms with E-state index in [4.69, 9.17) is 9.47 Å². The SMILES string of the molecule is CCCC/C=C(\OC)c1ccc(OCCC)cc1. The van der Waals surface area contributed by atoms with Crippen LogP contribution >= 0.6 is 0 Å². The van der Waals surface area contributed by atoms with Crippen LogP contribution in [-0.2, 0) is 4.74 Å². The topological polar surface area (TPSA) is 18.5 Å². The highest BCUT2D eigenvalue weighted by molar-refractivity contribution is 5.60. The lowest BCUT2D eigenvalue weighted by Crippen LogP contribution is -1.95. The molecule has 0 bridgehead atoms. The number of benzene rings is 1. The van der Waals surface area contributed by atoms with Gasteiger partial charge in [0.2, 0.25) is 0 Å². The van der Waals surface area contributed by atoms with Gasteiger partial charge in [-0.3, -0.25) is 0 Å². The van der Waals surface area contributed by atoms with E-state index in [9.17, 15) is 0 Å². The third-order valence-corrected chi connectivity index (χ3v) is 2.72. The van der Waals surface area contributed by atoms with Crippen molar-refractivity contribution >= 4 is 5.76 Å². The van der Waals surface area contributed by atoms with Gasteiger partial charge >= 0.3 is 0 Å². The van der Waals surface area contributed by atoms with E-state index >= 15 is 0 Å². The highest BCUT2D eigenvalue weighted by Gasteiger charge is 2.01. The van der Waals surface area contributed by atoms with E-state index in [2.05, 4.69) is 19.9 Å². The zero-order valence-electron chi connectivity index (χ0n) is 11.7. The molecule has 18 heavy (non-hydrogen) atoms. The highest BCUT2D eigenvalue weighted by Crippen LogP contribution is 2.20. The summed E-state index contributed by atoms with van der Waals surface area (Å²) in [6, 6.07) is 8.09. The van der Waals surface area contributed by atoms with E-state index in [0.717, 1.165) is 36.5 Å². The van der Waals surface area contributed by atoms with Gasteiger partial charge in [-0.25, -0.2) is 0 Å². The first-order valence-electron chi connectivity index (χ1n) is 6.79. The standard InChI is InChI=1S/C16H24O2/c1-4-6-7-8-16(17-3)14-9-11-15(12-10-14)18-13-5-2/h8-12H,4-7,13H2,1-3H3/b16-8-. The molecular formula is C16H24O2. The van der Waals surface area contributed by atoms with Gasteiger partial charge in [-0.2, -0.15) is 0 Å². The summed E-state index contributed by atoms with van der Waals surface area (Å²) >= 11 is 0. The number of hydrogen-bond acceptors (Lipinski definition) is 2. The Kier molecular flexibility index (Phi) is 7.00. The normalized spacial score (nSPS) is 11.4. The van der Waals surface area contributed by atoms with E-state index in [0.29, 0.717) is 0 Å². The van der Waals surface area contributed by atoms with Crippen molar-refractivity contribution in [1.29, 1.82) is 0 Å². The molecule has 0 aliphatic rings. The zero-order valence-corrected chi connectivity index (χ0v) is 11.7. The van der Waals surface area contributed by atoms with Gasteiger partial charge in [0.25, 0.3) is 0 Å². The van der Waals surface area contributed by atoms with Crippen LogP contribution in [0.1, 0.15) is 45.1 Å². The molecule has 0 aliphatic carbocycles. The van der Waals surface area contributed by atoms with Gasteiger partial charge in [0.1, 0.15) is 11.5 Å². The Hall–Kier alpha value is -1.44. The number of ether oxygens (including phenoxy) is 2. The van der Waals surface area contributed by atoms with Crippen LogP contribution in [0.5, 0.6) is 5.75 Å². The minimum absolute atomic E-state index is 0.767. The van der Waals surface area contributed by atoms with Crippen LogP contribution in [0, 0.1) is 0 Å². The Labute approximate surface area is 111 Å². The fraction of sp³-hybridized carbons (Fsp3) is 0.500. The number of allylic oxidation sites excluding steroid dienone is 1. The second-order valence-electron chi connectivity index (χ2n) is 4.29. The van der Waals surface area contributed by atoms with E-state index in [1.807, 2.05) is 24.3 Å². The molecule has 0 N–H and O–H groups in total. The van der Waals surface area contributed by atoms with E-state index < -0.39 is 0 Å². The first-order valence-corrected chi connectivity index (χ1v) is 6.79. The molecule has 1 aromatic rings. The van der Waals surface area contributed by atoms with Gasteiger partial charge in [-0.15, -0.1) is 0 Å². The molecule has 0 aliphatic heterocycles. The van der Waals surface area contributed by atoms with Crippen molar-refractivity contribution in [1.82, 2.24) is 0 Å². The highest BCUT2D eigenvalue weighted by atomic mass is 16.5. The molecule has 0 saturated carbocycles. The molecule has 0 radical (unpaired) electrons. The molecule has 0 saturated heterocycles. The van der Waals surface area contributed by atoms with Gasteiger partial charge in [0, 0.05) is 5.56 Å². The van der Waals surface area contributed by atoms with Crippen molar-refractivity contribution in [3.8, 4) is 5.75 Å². The van der Waals surface area contributed by atoms with E-state index in [-0.39, 0.29) is 0 Å². The fourth-order valence-electron chi connectivity index (χ4n) is 1.69. The van der Waals surface area contributed by atoms with Crippen LogP contribution < -0.4 is 4.74 Å². The lowest BCUT2D eigenvalue weighted by molar-refractivity contribution is 0.317.